The quantitative estimate of drug-likeness (QED) is 0.0261. The minimum atomic E-state index is -0.776. The summed E-state index contributed by atoms with van der Waals surface area (Å²) in [6.45, 7) is 6.70. The molecule has 0 aliphatic heterocycles. The molecule has 0 N–H and O–H groups in total. The van der Waals surface area contributed by atoms with Crippen LogP contribution in [-0.4, -0.2) is 37.2 Å². The third-order valence-electron chi connectivity index (χ3n) is 16.3. The smallest absolute Gasteiger partial charge is 0.306 e. The van der Waals surface area contributed by atoms with Gasteiger partial charge in [-0.05, 0) is 96.3 Å². The summed E-state index contributed by atoms with van der Waals surface area (Å²) in [5, 5.41) is 0. The summed E-state index contributed by atoms with van der Waals surface area (Å²) in [4.78, 5) is 38.4. The molecule has 0 aliphatic rings. The van der Waals surface area contributed by atoms with Gasteiger partial charge in [0, 0.05) is 19.3 Å². The molecule has 0 aromatic rings. The van der Waals surface area contributed by atoms with E-state index in [1.165, 1.54) is 295 Å². The molecule has 0 heterocycles. The van der Waals surface area contributed by atoms with Gasteiger partial charge < -0.3 is 14.2 Å². The number of carbonyl (C=O) groups excluding carboxylic acids is 3. The maximum absolute atomic E-state index is 13.0. The van der Waals surface area contributed by atoms with Gasteiger partial charge >= 0.3 is 17.9 Å². The number of rotatable bonds is 67. The van der Waals surface area contributed by atoms with Crippen molar-refractivity contribution in [3.63, 3.8) is 0 Å². The van der Waals surface area contributed by atoms with Crippen molar-refractivity contribution in [2.45, 2.75) is 406 Å². The highest BCUT2D eigenvalue weighted by Gasteiger charge is 2.19. The topological polar surface area (TPSA) is 78.9 Å². The monoisotopic (exact) mass is 1120 g/mol. The van der Waals surface area contributed by atoms with Crippen molar-refractivity contribution in [1.82, 2.24) is 0 Å². The van der Waals surface area contributed by atoms with E-state index in [0.717, 1.165) is 64.2 Å². The van der Waals surface area contributed by atoms with Crippen molar-refractivity contribution in [2.24, 2.45) is 0 Å². The van der Waals surface area contributed by atoms with Gasteiger partial charge in [-0.2, -0.15) is 0 Å². The van der Waals surface area contributed by atoms with Gasteiger partial charge in [-0.1, -0.05) is 320 Å². The van der Waals surface area contributed by atoms with E-state index >= 15 is 0 Å². The molecule has 0 fully saturated rings. The van der Waals surface area contributed by atoms with Gasteiger partial charge in [0.2, 0.25) is 0 Å². The van der Waals surface area contributed by atoms with Gasteiger partial charge in [-0.15, -0.1) is 0 Å². The van der Waals surface area contributed by atoms with Gasteiger partial charge in [0.25, 0.3) is 0 Å². The Balaban J connectivity index is 4.25. The summed E-state index contributed by atoms with van der Waals surface area (Å²) in [7, 11) is 0. The fourth-order valence-electron chi connectivity index (χ4n) is 10.9. The van der Waals surface area contributed by atoms with Gasteiger partial charge in [0.1, 0.15) is 13.2 Å². The highest BCUT2D eigenvalue weighted by Crippen LogP contribution is 2.18. The van der Waals surface area contributed by atoms with Crippen LogP contribution in [0.5, 0.6) is 0 Å². The van der Waals surface area contributed by atoms with Crippen LogP contribution in [0.4, 0.5) is 0 Å². The van der Waals surface area contributed by atoms with Crippen LogP contribution >= 0.6 is 0 Å². The summed E-state index contributed by atoms with van der Waals surface area (Å²) < 4.78 is 17.0. The predicted octanol–water partition coefficient (Wildman–Crippen LogP) is 24.7. The first kappa shape index (κ1) is 77.6. The Labute approximate surface area is 499 Å². The second kappa shape index (κ2) is 69.1. The fourth-order valence-corrected chi connectivity index (χ4v) is 10.9. The van der Waals surface area contributed by atoms with Crippen molar-refractivity contribution in [2.75, 3.05) is 13.2 Å². The first-order chi connectivity index (χ1) is 39.5. The second-order valence-electron chi connectivity index (χ2n) is 24.5. The Bertz CT molecular complexity index is 1340. The first-order valence-corrected chi connectivity index (χ1v) is 36.0. The molecule has 0 saturated heterocycles. The van der Waals surface area contributed by atoms with Crippen LogP contribution in [-0.2, 0) is 28.6 Å². The normalized spacial score (nSPS) is 12.2. The molecule has 0 spiro atoms. The number of esters is 3. The molecule has 0 saturated carbocycles. The number of carbonyl (C=O) groups is 3. The lowest BCUT2D eigenvalue weighted by atomic mass is 10.0. The number of hydrogen-bond donors (Lipinski definition) is 0. The van der Waals surface area contributed by atoms with E-state index in [1.54, 1.807) is 0 Å². The average molecular weight is 1120 g/mol. The van der Waals surface area contributed by atoms with E-state index in [0.29, 0.717) is 19.3 Å². The lowest BCUT2D eigenvalue weighted by molar-refractivity contribution is -0.167. The van der Waals surface area contributed by atoms with Gasteiger partial charge in [-0.25, -0.2) is 0 Å². The van der Waals surface area contributed by atoms with Crippen molar-refractivity contribution in [3.8, 4) is 0 Å². The summed E-state index contributed by atoms with van der Waals surface area (Å²) in [6.07, 6.45) is 86.0. The lowest BCUT2D eigenvalue weighted by Gasteiger charge is -2.18. The predicted molar refractivity (Wildman–Crippen MR) is 349 cm³/mol. The van der Waals surface area contributed by atoms with Crippen LogP contribution in [0.15, 0.2) is 36.5 Å². The minimum Gasteiger partial charge on any atom is -0.462 e. The molecule has 1 unspecified atom stereocenters. The van der Waals surface area contributed by atoms with E-state index in [9.17, 15) is 14.4 Å². The van der Waals surface area contributed by atoms with Gasteiger partial charge in [0.05, 0.1) is 0 Å². The molecule has 0 radical (unpaired) electrons. The standard InChI is InChI=1S/C74H138O6/c1-4-7-10-13-16-19-22-25-28-30-32-34-36-37-39-40-42-44-46-49-52-55-58-61-64-67-73(76)79-70-71(69-78-72(75)66-63-60-57-54-51-48-27-24-21-18-15-12-9-6-3)80-74(77)68-65-62-59-56-53-50-47-45-43-41-38-35-33-31-29-26-23-20-17-14-11-8-5-2/h24,27,30-33,71H,4-23,25-26,28-29,34-70H2,1-3H3/b27-24-,32-30-,33-31-. The Morgan fingerprint density at radius 2 is 0.412 bits per heavy atom. The molecule has 0 aromatic heterocycles. The van der Waals surface area contributed by atoms with Crippen molar-refractivity contribution < 1.29 is 28.6 Å². The van der Waals surface area contributed by atoms with Crippen LogP contribution in [0.2, 0.25) is 0 Å². The summed E-state index contributed by atoms with van der Waals surface area (Å²) >= 11 is 0. The molecule has 0 amide bonds. The van der Waals surface area contributed by atoms with Crippen LogP contribution in [0.1, 0.15) is 400 Å². The van der Waals surface area contributed by atoms with Crippen molar-refractivity contribution >= 4 is 17.9 Å². The van der Waals surface area contributed by atoms with Gasteiger partial charge in [0.15, 0.2) is 6.10 Å². The maximum Gasteiger partial charge on any atom is 0.306 e. The molecule has 0 aliphatic carbocycles. The molecule has 0 aromatic carbocycles. The molecule has 6 nitrogen and oxygen atoms in total. The molecular weight excluding hydrogens is 985 g/mol. The number of allylic oxidation sites excluding steroid dienone is 6. The molecule has 0 bridgehead atoms. The van der Waals surface area contributed by atoms with Crippen LogP contribution in [0.3, 0.4) is 0 Å². The fraction of sp³-hybridized carbons (Fsp3) is 0.878. The zero-order valence-corrected chi connectivity index (χ0v) is 54.1. The highest BCUT2D eigenvalue weighted by atomic mass is 16.6. The maximum atomic E-state index is 13.0. The third-order valence-corrected chi connectivity index (χ3v) is 16.3. The Morgan fingerprint density at radius 1 is 0.237 bits per heavy atom. The molecule has 0 rings (SSSR count). The van der Waals surface area contributed by atoms with Crippen LogP contribution in [0.25, 0.3) is 0 Å². The van der Waals surface area contributed by atoms with Crippen molar-refractivity contribution in [3.05, 3.63) is 36.5 Å². The lowest BCUT2D eigenvalue weighted by Crippen LogP contribution is -2.30. The highest BCUT2D eigenvalue weighted by molar-refractivity contribution is 5.71. The summed E-state index contributed by atoms with van der Waals surface area (Å²) in [5.74, 6) is -0.853. The van der Waals surface area contributed by atoms with Crippen molar-refractivity contribution in [1.29, 1.82) is 0 Å². The van der Waals surface area contributed by atoms with E-state index in [-0.39, 0.29) is 31.1 Å². The third kappa shape index (κ3) is 66.4. The molecule has 80 heavy (non-hydrogen) atoms. The molecule has 470 valence electrons. The van der Waals surface area contributed by atoms with Crippen LogP contribution < -0.4 is 0 Å². The Hall–Kier alpha value is -2.37. The largest absolute Gasteiger partial charge is 0.462 e. The summed E-state index contributed by atoms with van der Waals surface area (Å²) in [5.41, 5.74) is 0. The molecule has 6 heteroatoms. The van der Waals surface area contributed by atoms with E-state index in [1.807, 2.05) is 0 Å². The zero-order chi connectivity index (χ0) is 57.8. The number of unbranched alkanes of at least 4 members (excludes halogenated alkanes) is 50. The zero-order valence-electron chi connectivity index (χ0n) is 54.1. The van der Waals surface area contributed by atoms with E-state index in [2.05, 4.69) is 57.2 Å². The summed E-state index contributed by atoms with van der Waals surface area (Å²) in [6, 6.07) is 0. The molecular formula is C74H138O6. The van der Waals surface area contributed by atoms with E-state index in [4.69, 9.17) is 14.2 Å². The minimum absolute atomic E-state index is 0.0710. The Morgan fingerprint density at radius 3 is 0.625 bits per heavy atom. The van der Waals surface area contributed by atoms with Gasteiger partial charge in [-0.3, -0.25) is 14.4 Å². The second-order valence-corrected chi connectivity index (χ2v) is 24.5. The average Bonchev–Trinajstić information content (AvgIpc) is 3.46. The number of hydrogen-bond acceptors (Lipinski definition) is 6. The van der Waals surface area contributed by atoms with Crippen LogP contribution in [0, 0.1) is 0 Å². The SMILES string of the molecule is CCCCCCC/C=C\CCCCCCCC(=O)OCC(COC(=O)CCCCCCCCCCCCCCC/C=C\CCCCCCCCCC)OC(=O)CCCCCCCCCCCCC/C=C\CCCCCCCCCC. The van der Waals surface area contributed by atoms with E-state index < -0.39 is 6.10 Å². The number of ether oxygens (including phenoxy) is 3. The first-order valence-electron chi connectivity index (χ1n) is 36.0. The Kier molecular flexibility index (Phi) is 67.1. The molecule has 1 atom stereocenters.